The van der Waals surface area contributed by atoms with Crippen molar-refractivity contribution in [3.63, 3.8) is 0 Å². The lowest BCUT2D eigenvalue weighted by Crippen LogP contribution is -2.57. The Bertz CT molecular complexity index is 907. The van der Waals surface area contributed by atoms with Crippen LogP contribution in [0.15, 0.2) is 41.2 Å². The van der Waals surface area contributed by atoms with Gasteiger partial charge in [-0.3, -0.25) is 9.89 Å². The third kappa shape index (κ3) is 2.53. The summed E-state index contributed by atoms with van der Waals surface area (Å²) in [4.78, 5) is 15.2. The number of hydrogen-bond acceptors (Lipinski definition) is 4. The fourth-order valence-electron chi connectivity index (χ4n) is 4.17. The van der Waals surface area contributed by atoms with Gasteiger partial charge >= 0.3 is 0 Å². The predicted molar refractivity (Wildman–Crippen MR) is 94.2 cm³/mol. The molecule has 3 aliphatic heterocycles. The summed E-state index contributed by atoms with van der Waals surface area (Å²) < 4.78 is 5.14. The van der Waals surface area contributed by atoms with Crippen LogP contribution in [0.5, 0.6) is 0 Å². The standard InChI is InChI=1S/C19H20N4O2/c24-19(20-17-10-23-6-3-12(17)4-7-23)18-15-2-1-13(9-16(15)21-22-18)14-5-8-25-11-14/h1-2,5,8-9,11-12,17H,3-4,6-7,10H2,(H,20,24)(H,21,22)/t17-/m0/s1. The lowest BCUT2D eigenvalue weighted by atomic mass is 9.84. The van der Waals surface area contributed by atoms with Gasteiger partial charge < -0.3 is 14.6 Å². The van der Waals surface area contributed by atoms with Gasteiger partial charge in [0.25, 0.3) is 5.91 Å². The summed E-state index contributed by atoms with van der Waals surface area (Å²) in [6.07, 6.45) is 5.72. The van der Waals surface area contributed by atoms with Crippen molar-refractivity contribution in [2.45, 2.75) is 18.9 Å². The number of carbonyl (C=O) groups is 1. The van der Waals surface area contributed by atoms with Crippen LogP contribution in [0.1, 0.15) is 23.3 Å². The van der Waals surface area contributed by atoms with Crippen molar-refractivity contribution in [3.8, 4) is 11.1 Å². The number of carbonyl (C=O) groups excluding carboxylic acids is 1. The summed E-state index contributed by atoms with van der Waals surface area (Å²) >= 11 is 0. The van der Waals surface area contributed by atoms with Gasteiger partial charge in [-0.05, 0) is 55.6 Å². The Morgan fingerprint density at radius 3 is 2.84 bits per heavy atom. The monoisotopic (exact) mass is 336 g/mol. The van der Waals surface area contributed by atoms with Gasteiger partial charge in [-0.15, -0.1) is 0 Å². The van der Waals surface area contributed by atoms with E-state index in [1.807, 2.05) is 24.3 Å². The molecule has 0 radical (unpaired) electrons. The van der Waals surface area contributed by atoms with Crippen LogP contribution in [0.2, 0.25) is 0 Å². The second-order valence-corrected chi connectivity index (χ2v) is 7.06. The summed E-state index contributed by atoms with van der Waals surface area (Å²) in [5.74, 6) is 0.521. The molecule has 6 nitrogen and oxygen atoms in total. The van der Waals surface area contributed by atoms with Crippen LogP contribution >= 0.6 is 0 Å². The van der Waals surface area contributed by atoms with E-state index in [-0.39, 0.29) is 11.9 Å². The van der Waals surface area contributed by atoms with Gasteiger partial charge in [-0.1, -0.05) is 6.07 Å². The maximum atomic E-state index is 12.8. The van der Waals surface area contributed by atoms with Crippen molar-refractivity contribution in [1.82, 2.24) is 20.4 Å². The summed E-state index contributed by atoms with van der Waals surface area (Å²) in [7, 11) is 0. The Labute approximate surface area is 145 Å². The molecule has 128 valence electrons. The highest BCUT2D eigenvalue weighted by Crippen LogP contribution is 2.29. The summed E-state index contributed by atoms with van der Waals surface area (Å²) in [5.41, 5.74) is 3.38. The maximum Gasteiger partial charge on any atom is 0.272 e. The molecule has 2 N–H and O–H groups in total. The van der Waals surface area contributed by atoms with Gasteiger partial charge in [0.05, 0.1) is 18.0 Å². The number of nitrogens with one attached hydrogen (secondary N) is 2. The third-order valence-electron chi connectivity index (χ3n) is 5.61. The average molecular weight is 336 g/mol. The minimum atomic E-state index is -0.0824. The number of piperidine rings is 3. The molecule has 2 aromatic heterocycles. The Morgan fingerprint density at radius 1 is 1.24 bits per heavy atom. The summed E-state index contributed by atoms with van der Waals surface area (Å²) in [6, 6.07) is 8.10. The molecule has 25 heavy (non-hydrogen) atoms. The lowest BCUT2D eigenvalue weighted by molar-refractivity contribution is 0.0618. The number of amides is 1. The smallest absolute Gasteiger partial charge is 0.272 e. The minimum Gasteiger partial charge on any atom is -0.472 e. The lowest BCUT2D eigenvalue weighted by Gasteiger charge is -2.44. The molecule has 6 rings (SSSR count). The van der Waals surface area contributed by atoms with E-state index < -0.39 is 0 Å². The molecule has 3 aliphatic rings. The SMILES string of the molecule is O=C(N[C@H]1CN2CCC1CC2)c1n[nH]c2cc(-c3ccoc3)ccc12. The van der Waals surface area contributed by atoms with Crippen molar-refractivity contribution < 1.29 is 9.21 Å². The summed E-state index contributed by atoms with van der Waals surface area (Å²) in [5, 5.41) is 11.3. The van der Waals surface area contributed by atoms with E-state index in [2.05, 4.69) is 20.4 Å². The maximum absolute atomic E-state index is 12.8. The molecule has 3 saturated heterocycles. The van der Waals surface area contributed by atoms with E-state index in [4.69, 9.17) is 4.42 Å². The number of nitrogens with zero attached hydrogens (tertiary/aromatic N) is 2. The van der Waals surface area contributed by atoms with Gasteiger partial charge in [0.2, 0.25) is 0 Å². The van der Waals surface area contributed by atoms with Gasteiger partial charge in [0.15, 0.2) is 5.69 Å². The van der Waals surface area contributed by atoms with Gasteiger partial charge in [0.1, 0.15) is 0 Å². The zero-order chi connectivity index (χ0) is 16.8. The molecular weight excluding hydrogens is 316 g/mol. The van der Waals surface area contributed by atoms with E-state index in [0.717, 1.165) is 28.6 Å². The number of hydrogen-bond donors (Lipinski definition) is 2. The van der Waals surface area contributed by atoms with Crippen molar-refractivity contribution in [2.24, 2.45) is 5.92 Å². The topological polar surface area (TPSA) is 74.2 Å². The number of fused-ring (bicyclic) bond motifs is 4. The number of aromatic amines is 1. The van der Waals surface area contributed by atoms with E-state index in [0.29, 0.717) is 11.6 Å². The number of benzene rings is 1. The largest absolute Gasteiger partial charge is 0.472 e. The van der Waals surface area contributed by atoms with E-state index in [1.54, 1.807) is 12.5 Å². The van der Waals surface area contributed by atoms with Gasteiger partial charge in [-0.2, -0.15) is 5.10 Å². The Hall–Kier alpha value is -2.60. The van der Waals surface area contributed by atoms with Crippen LogP contribution in [0.3, 0.4) is 0 Å². The first-order valence-electron chi connectivity index (χ1n) is 8.82. The Kier molecular flexibility index (Phi) is 3.38. The quantitative estimate of drug-likeness (QED) is 0.771. The van der Waals surface area contributed by atoms with Crippen LogP contribution in [0.4, 0.5) is 0 Å². The number of furan rings is 1. The molecule has 0 saturated carbocycles. The molecule has 1 amide bonds. The van der Waals surface area contributed by atoms with E-state index >= 15 is 0 Å². The molecule has 6 heteroatoms. The Morgan fingerprint density at radius 2 is 2.12 bits per heavy atom. The zero-order valence-corrected chi connectivity index (χ0v) is 13.9. The molecule has 3 fully saturated rings. The first-order chi connectivity index (χ1) is 12.3. The molecular formula is C19H20N4O2. The summed E-state index contributed by atoms with van der Waals surface area (Å²) in [6.45, 7) is 3.29. The molecule has 1 aromatic carbocycles. The molecule has 0 spiro atoms. The minimum absolute atomic E-state index is 0.0824. The van der Waals surface area contributed by atoms with Crippen molar-refractivity contribution in [3.05, 3.63) is 42.5 Å². The highest BCUT2D eigenvalue weighted by Gasteiger charge is 2.35. The van der Waals surface area contributed by atoms with Crippen molar-refractivity contribution in [1.29, 1.82) is 0 Å². The predicted octanol–water partition coefficient (Wildman–Crippen LogP) is 2.65. The van der Waals surface area contributed by atoms with E-state index in [9.17, 15) is 4.79 Å². The second-order valence-electron chi connectivity index (χ2n) is 7.06. The van der Waals surface area contributed by atoms with Gasteiger partial charge in [0, 0.05) is 23.5 Å². The van der Waals surface area contributed by atoms with Crippen LogP contribution < -0.4 is 5.32 Å². The molecule has 2 bridgehead atoms. The first-order valence-corrected chi connectivity index (χ1v) is 8.82. The fraction of sp³-hybridized carbons (Fsp3) is 0.368. The molecule has 5 heterocycles. The van der Waals surface area contributed by atoms with Crippen molar-refractivity contribution in [2.75, 3.05) is 19.6 Å². The van der Waals surface area contributed by atoms with Gasteiger partial charge in [-0.25, -0.2) is 0 Å². The van der Waals surface area contributed by atoms with Crippen LogP contribution in [-0.2, 0) is 0 Å². The second kappa shape index (κ2) is 5.74. The van der Waals surface area contributed by atoms with Crippen LogP contribution in [0.25, 0.3) is 22.0 Å². The van der Waals surface area contributed by atoms with Crippen LogP contribution in [0, 0.1) is 5.92 Å². The number of rotatable bonds is 3. The van der Waals surface area contributed by atoms with Crippen molar-refractivity contribution >= 4 is 16.8 Å². The molecule has 3 aromatic rings. The highest BCUT2D eigenvalue weighted by atomic mass is 16.3. The first kappa shape index (κ1) is 14.7. The number of H-pyrrole nitrogens is 1. The Balaban J connectivity index is 1.40. The molecule has 0 unspecified atom stereocenters. The molecule has 1 atom stereocenters. The van der Waals surface area contributed by atoms with E-state index in [1.165, 1.54) is 25.9 Å². The van der Waals surface area contributed by atoms with Crippen LogP contribution in [-0.4, -0.2) is 46.7 Å². The fourth-order valence-corrected chi connectivity index (χ4v) is 4.17. The number of aromatic nitrogens is 2. The normalized spacial score (nSPS) is 25.4. The average Bonchev–Trinajstić information content (AvgIpc) is 3.32. The zero-order valence-electron chi connectivity index (χ0n) is 13.9. The molecule has 0 aliphatic carbocycles. The highest BCUT2D eigenvalue weighted by molar-refractivity contribution is 6.05. The third-order valence-corrected chi connectivity index (χ3v) is 5.61.